The van der Waals surface area contributed by atoms with Crippen LogP contribution in [-0.4, -0.2) is 36.5 Å². The van der Waals surface area contributed by atoms with Gasteiger partial charge in [-0.15, -0.1) is 0 Å². The van der Waals surface area contributed by atoms with Crippen molar-refractivity contribution in [3.05, 3.63) is 12.2 Å². The molecule has 0 N–H and O–H groups in total. The van der Waals surface area contributed by atoms with Gasteiger partial charge in [0.15, 0.2) is 0 Å². The van der Waals surface area contributed by atoms with Crippen molar-refractivity contribution in [3.8, 4) is 0 Å². The summed E-state index contributed by atoms with van der Waals surface area (Å²) in [5.41, 5.74) is 0. The van der Waals surface area contributed by atoms with E-state index >= 15 is 0 Å². The predicted molar refractivity (Wildman–Crippen MR) is 321 cm³/mol. The van der Waals surface area contributed by atoms with Crippen LogP contribution in [0.3, 0.4) is 0 Å². The van der Waals surface area contributed by atoms with Crippen LogP contribution < -0.4 is 0 Å². The summed E-state index contributed by atoms with van der Waals surface area (Å²) in [6.45, 7) is 11.3. The summed E-state index contributed by atoms with van der Waals surface area (Å²) in [5, 5.41) is 0. The largest absolute Gasteiger partial charge is 0.466 e. The van der Waals surface area contributed by atoms with Crippen molar-refractivity contribution < 1.29 is 14.3 Å². The molecule has 0 heterocycles. The van der Waals surface area contributed by atoms with E-state index in [4.69, 9.17) is 4.74 Å². The van der Waals surface area contributed by atoms with Crippen molar-refractivity contribution in [2.24, 2.45) is 5.92 Å². The lowest BCUT2D eigenvalue weighted by molar-refractivity contribution is -0.149. The third-order valence-corrected chi connectivity index (χ3v) is 16.0. The van der Waals surface area contributed by atoms with E-state index in [1.807, 2.05) is 0 Å². The summed E-state index contributed by atoms with van der Waals surface area (Å²) in [5.74, 6) is -0.153. The van der Waals surface area contributed by atoms with Gasteiger partial charge >= 0.3 is 5.97 Å². The van der Waals surface area contributed by atoms with Crippen molar-refractivity contribution in [1.82, 2.24) is 4.90 Å². The molecular formula is C68H133NO3. The van der Waals surface area contributed by atoms with E-state index in [1.165, 1.54) is 315 Å². The monoisotopic (exact) mass is 1010 g/mol. The number of rotatable bonds is 62. The summed E-state index contributed by atoms with van der Waals surface area (Å²) in [4.78, 5) is 29.5. The maximum Gasteiger partial charge on any atom is 0.306 e. The maximum absolute atomic E-state index is 14.2. The standard InChI is InChI=1S/C68H133NO3/c1-5-9-13-17-21-22-23-24-25-26-27-28-29-30-31-32-33-34-35-36-37-38-39-40-41-42-43-44-45-46-47-48-49-50-51-52-53-57-61-66(65-67(70)72-64-60-56-20-16-12-8-4)68(71)69(62-58-54-18-14-10-6-2)63-59-55-19-15-11-7-3/h28-29,66H,5-27,30-65H2,1-4H3/b29-28+. The molecule has 4 nitrogen and oxygen atoms in total. The van der Waals surface area contributed by atoms with Gasteiger partial charge in [-0.1, -0.05) is 342 Å². The van der Waals surface area contributed by atoms with Gasteiger partial charge < -0.3 is 9.64 Å². The summed E-state index contributed by atoms with van der Waals surface area (Å²) in [6.07, 6.45) is 78.3. The molecular weight excluding hydrogens is 879 g/mol. The zero-order valence-corrected chi connectivity index (χ0v) is 50.1. The van der Waals surface area contributed by atoms with Crippen molar-refractivity contribution in [3.63, 3.8) is 0 Å². The minimum atomic E-state index is -0.228. The average molecular weight is 1010 g/mol. The second kappa shape index (κ2) is 62.2. The SMILES string of the molecule is CCCCCCCCCCCC/C=C/CCCCCCCCCCCCCCCCCCCCCCCCCCC(CC(=O)OCCCCCCCC)C(=O)N(CCCCCCCC)CCCCCCCC. The minimum Gasteiger partial charge on any atom is -0.466 e. The first kappa shape index (κ1) is 70.7. The Balaban J connectivity index is 4.04. The number of allylic oxidation sites excluding steroid dienone is 2. The number of ether oxygens (including phenoxy) is 1. The molecule has 0 aromatic heterocycles. The van der Waals surface area contributed by atoms with E-state index in [1.54, 1.807) is 0 Å². The van der Waals surface area contributed by atoms with Gasteiger partial charge in [-0.3, -0.25) is 9.59 Å². The molecule has 1 amide bonds. The third-order valence-electron chi connectivity index (χ3n) is 16.0. The molecule has 0 aromatic rings. The van der Waals surface area contributed by atoms with E-state index in [2.05, 4.69) is 44.7 Å². The lowest BCUT2D eigenvalue weighted by Crippen LogP contribution is -2.38. The maximum atomic E-state index is 14.2. The van der Waals surface area contributed by atoms with E-state index < -0.39 is 0 Å². The highest BCUT2D eigenvalue weighted by Gasteiger charge is 2.27. The molecule has 72 heavy (non-hydrogen) atoms. The average Bonchev–Trinajstić information content (AvgIpc) is 3.38. The minimum absolute atomic E-state index is 0.156. The van der Waals surface area contributed by atoms with Crippen LogP contribution in [-0.2, 0) is 14.3 Å². The number of hydrogen-bond acceptors (Lipinski definition) is 3. The van der Waals surface area contributed by atoms with Gasteiger partial charge in [0.1, 0.15) is 0 Å². The van der Waals surface area contributed by atoms with Crippen molar-refractivity contribution in [2.75, 3.05) is 19.7 Å². The van der Waals surface area contributed by atoms with Crippen molar-refractivity contribution >= 4 is 11.9 Å². The highest BCUT2D eigenvalue weighted by atomic mass is 16.5. The molecule has 0 radical (unpaired) electrons. The Morgan fingerprint density at radius 3 is 0.875 bits per heavy atom. The highest BCUT2D eigenvalue weighted by Crippen LogP contribution is 2.22. The first-order valence-electron chi connectivity index (χ1n) is 33.7. The van der Waals surface area contributed by atoms with Crippen LogP contribution in [0.4, 0.5) is 0 Å². The Labute approximate surface area is 454 Å². The fraction of sp³-hybridized carbons (Fsp3) is 0.941. The van der Waals surface area contributed by atoms with Gasteiger partial charge in [0.25, 0.3) is 0 Å². The normalized spacial score (nSPS) is 12.1. The number of unbranched alkanes of at least 4 members (excludes halogenated alkanes) is 49. The number of esters is 1. The zero-order chi connectivity index (χ0) is 52.2. The molecule has 1 unspecified atom stereocenters. The molecule has 0 fully saturated rings. The molecule has 4 heteroatoms. The Morgan fingerprint density at radius 1 is 0.319 bits per heavy atom. The van der Waals surface area contributed by atoms with Crippen LogP contribution in [0.25, 0.3) is 0 Å². The van der Waals surface area contributed by atoms with Crippen molar-refractivity contribution in [1.29, 1.82) is 0 Å². The summed E-state index contributed by atoms with van der Waals surface area (Å²) < 4.78 is 5.75. The fourth-order valence-corrected chi connectivity index (χ4v) is 10.9. The van der Waals surface area contributed by atoms with Gasteiger partial charge in [-0.25, -0.2) is 0 Å². The molecule has 0 saturated heterocycles. The number of amides is 1. The quantitative estimate of drug-likeness (QED) is 0.0346. The Morgan fingerprint density at radius 2 is 0.569 bits per heavy atom. The van der Waals surface area contributed by atoms with Gasteiger partial charge in [0.05, 0.1) is 13.0 Å². The number of carbonyl (C=O) groups is 2. The van der Waals surface area contributed by atoms with Crippen molar-refractivity contribution in [2.45, 2.75) is 387 Å². The zero-order valence-electron chi connectivity index (χ0n) is 50.1. The topological polar surface area (TPSA) is 46.6 Å². The molecule has 0 bridgehead atoms. The Bertz CT molecular complexity index is 1060. The summed E-state index contributed by atoms with van der Waals surface area (Å²) in [7, 11) is 0. The van der Waals surface area contributed by atoms with Gasteiger partial charge in [0.2, 0.25) is 5.91 Å². The molecule has 0 saturated carbocycles. The molecule has 0 spiro atoms. The van der Waals surface area contributed by atoms with Crippen LogP contribution in [0.1, 0.15) is 387 Å². The fourth-order valence-electron chi connectivity index (χ4n) is 10.9. The molecule has 0 aliphatic rings. The van der Waals surface area contributed by atoms with Crippen LogP contribution in [0.2, 0.25) is 0 Å². The molecule has 0 rings (SSSR count). The van der Waals surface area contributed by atoms with E-state index in [0.717, 1.165) is 51.6 Å². The van der Waals surface area contributed by atoms with E-state index in [0.29, 0.717) is 6.61 Å². The van der Waals surface area contributed by atoms with Gasteiger partial charge in [-0.05, 0) is 51.4 Å². The second-order valence-electron chi connectivity index (χ2n) is 23.3. The van der Waals surface area contributed by atoms with Gasteiger partial charge in [-0.2, -0.15) is 0 Å². The Kier molecular flexibility index (Phi) is 61.1. The number of carbonyl (C=O) groups excluding carboxylic acids is 2. The van der Waals surface area contributed by atoms with Crippen LogP contribution in [0, 0.1) is 5.92 Å². The Hall–Kier alpha value is -1.32. The third kappa shape index (κ3) is 54.9. The molecule has 0 aromatic carbocycles. The summed E-state index contributed by atoms with van der Waals surface area (Å²) in [6, 6.07) is 0. The lowest BCUT2D eigenvalue weighted by atomic mass is 9.95. The second-order valence-corrected chi connectivity index (χ2v) is 23.3. The first-order valence-corrected chi connectivity index (χ1v) is 33.7. The molecule has 0 aliphatic heterocycles. The molecule has 428 valence electrons. The van der Waals surface area contributed by atoms with Crippen LogP contribution in [0.15, 0.2) is 12.2 Å². The van der Waals surface area contributed by atoms with E-state index in [9.17, 15) is 9.59 Å². The van der Waals surface area contributed by atoms with Crippen LogP contribution >= 0.6 is 0 Å². The molecule has 1 atom stereocenters. The van der Waals surface area contributed by atoms with Crippen LogP contribution in [0.5, 0.6) is 0 Å². The van der Waals surface area contributed by atoms with E-state index in [-0.39, 0.29) is 24.2 Å². The first-order chi connectivity index (χ1) is 35.6. The predicted octanol–water partition coefficient (Wildman–Crippen LogP) is 23.5. The van der Waals surface area contributed by atoms with Gasteiger partial charge in [0, 0.05) is 19.0 Å². The molecule has 0 aliphatic carbocycles. The smallest absolute Gasteiger partial charge is 0.306 e. The number of nitrogens with zero attached hydrogens (tertiary/aromatic N) is 1. The highest BCUT2D eigenvalue weighted by molar-refractivity contribution is 5.83. The summed E-state index contributed by atoms with van der Waals surface area (Å²) >= 11 is 0. The lowest BCUT2D eigenvalue weighted by Gasteiger charge is -2.27. The number of hydrogen-bond donors (Lipinski definition) is 0.